The van der Waals surface area contributed by atoms with Gasteiger partial charge in [0.25, 0.3) is 0 Å². The van der Waals surface area contributed by atoms with Crippen molar-refractivity contribution in [3.63, 3.8) is 0 Å². The van der Waals surface area contributed by atoms with Crippen LogP contribution in [0.3, 0.4) is 0 Å². The lowest BCUT2D eigenvalue weighted by molar-refractivity contribution is 0.363. The molecule has 0 bridgehead atoms. The zero-order chi connectivity index (χ0) is 14.9. The smallest absolute Gasteiger partial charge is 0.183 e. The van der Waals surface area contributed by atoms with E-state index in [0.29, 0.717) is 26.2 Å². The van der Waals surface area contributed by atoms with Gasteiger partial charge in [0.05, 0.1) is 16.1 Å². The molecule has 2 aromatic rings. The molecule has 106 valence electrons. The van der Waals surface area contributed by atoms with Crippen LogP contribution in [0.15, 0.2) is 42.2 Å². The maximum Gasteiger partial charge on any atom is 0.183 e. The molecule has 1 N–H and O–H groups in total. The van der Waals surface area contributed by atoms with Crippen molar-refractivity contribution < 1.29 is 14.6 Å². The van der Waals surface area contributed by atoms with Crippen LogP contribution in [0.2, 0.25) is 0 Å². The van der Waals surface area contributed by atoms with Crippen molar-refractivity contribution in [3.05, 3.63) is 42.2 Å². The summed E-state index contributed by atoms with van der Waals surface area (Å²) in [7, 11) is 1.55. The van der Waals surface area contributed by atoms with E-state index in [9.17, 15) is 5.11 Å². The lowest BCUT2D eigenvalue weighted by atomic mass is 10.3. The van der Waals surface area contributed by atoms with Crippen LogP contribution in [0.5, 0.6) is 23.0 Å². The van der Waals surface area contributed by atoms with Crippen LogP contribution >= 0.6 is 63.7 Å². The second kappa shape index (κ2) is 6.68. The van der Waals surface area contributed by atoms with Gasteiger partial charge >= 0.3 is 0 Å². The second-order valence-electron chi connectivity index (χ2n) is 3.76. The van der Waals surface area contributed by atoms with Gasteiger partial charge in [0.15, 0.2) is 23.0 Å². The Labute approximate surface area is 149 Å². The van der Waals surface area contributed by atoms with Gasteiger partial charge in [-0.05, 0) is 56.1 Å². The van der Waals surface area contributed by atoms with Crippen molar-refractivity contribution in [2.75, 3.05) is 7.11 Å². The Morgan fingerprint density at radius 1 is 0.850 bits per heavy atom. The van der Waals surface area contributed by atoms with E-state index >= 15 is 0 Å². The van der Waals surface area contributed by atoms with Crippen molar-refractivity contribution in [3.8, 4) is 23.0 Å². The molecule has 0 fully saturated rings. The lowest BCUT2D eigenvalue weighted by Gasteiger charge is -2.15. The Morgan fingerprint density at radius 2 is 1.40 bits per heavy atom. The molecule has 0 saturated heterocycles. The van der Waals surface area contributed by atoms with Gasteiger partial charge in [-0.2, -0.15) is 0 Å². The minimum Gasteiger partial charge on any atom is -0.504 e. The number of benzene rings is 2. The monoisotopic (exact) mass is 528 g/mol. The van der Waals surface area contributed by atoms with Gasteiger partial charge in [0.1, 0.15) is 0 Å². The number of phenolic OH excluding ortho intramolecular Hbond substituents is 1. The van der Waals surface area contributed by atoms with Crippen LogP contribution in [0.4, 0.5) is 0 Å². The molecule has 0 saturated carbocycles. The van der Waals surface area contributed by atoms with E-state index in [1.807, 2.05) is 6.07 Å². The van der Waals surface area contributed by atoms with Crippen molar-refractivity contribution in [2.45, 2.75) is 0 Å². The summed E-state index contributed by atoms with van der Waals surface area (Å²) < 4.78 is 14.0. The normalized spacial score (nSPS) is 10.4. The third kappa shape index (κ3) is 3.50. The molecule has 0 radical (unpaired) electrons. The maximum atomic E-state index is 9.99. The van der Waals surface area contributed by atoms with Gasteiger partial charge in [0, 0.05) is 8.95 Å². The molecule has 2 aromatic carbocycles. The van der Waals surface area contributed by atoms with Crippen LogP contribution in [-0.2, 0) is 0 Å². The highest BCUT2D eigenvalue weighted by Gasteiger charge is 2.16. The average molecular weight is 532 g/mol. The highest BCUT2D eigenvalue weighted by Crippen LogP contribution is 2.46. The zero-order valence-electron chi connectivity index (χ0n) is 10.1. The van der Waals surface area contributed by atoms with Gasteiger partial charge < -0.3 is 14.6 Å². The molecule has 7 heteroatoms. The minimum atomic E-state index is 0.0168. The van der Waals surface area contributed by atoms with E-state index in [-0.39, 0.29) is 5.75 Å². The molecule has 0 atom stereocenters. The number of rotatable bonds is 3. The fourth-order valence-corrected chi connectivity index (χ4v) is 4.09. The first-order chi connectivity index (χ1) is 9.42. The quantitative estimate of drug-likeness (QED) is 0.509. The first-order valence-corrected chi connectivity index (χ1v) is 8.48. The molecule has 0 unspecified atom stereocenters. The molecule has 0 aromatic heterocycles. The van der Waals surface area contributed by atoms with E-state index in [0.717, 1.165) is 8.95 Å². The molecule has 0 amide bonds. The topological polar surface area (TPSA) is 38.7 Å². The summed E-state index contributed by atoms with van der Waals surface area (Å²) in [5, 5.41) is 9.99. The predicted molar refractivity (Wildman–Crippen MR) is 92.0 cm³/mol. The summed E-state index contributed by atoms with van der Waals surface area (Å²) in [6.45, 7) is 0. The Kier molecular flexibility index (Phi) is 5.39. The number of hydrogen-bond donors (Lipinski definition) is 1. The number of phenols is 1. The number of ether oxygens (including phenoxy) is 2. The molecule has 0 aliphatic heterocycles. The molecule has 2 rings (SSSR count). The summed E-state index contributed by atoms with van der Waals surface area (Å²) in [5.41, 5.74) is 0. The summed E-state index contributed by atoms with van der Waals surface area (Å²) in [5.74, 6) is 1.35. The van der Waals surface area contributed by atoms with Gasteiger partial charge in [0.2, 0.25) is 0 Å². The Morgan fingerprint density at radius 3 is 1.95 bits per heavy atom. The summed E-state index contributed by atoms with van der Waals surface area (Å²) in [6, 6.07) is 6.96. The van der Waals surface area contributed by atoms with Crippen molar-refractivity contribution in [1.82, 2.24) is 0 Å². The molecule has 20 heavy (non-hydrogen) atoms. The number of methoxy groups -OCH3 is 1. The zero-order valence-corrected chi connectivity index (χ0v) is 16.4. The van der Waals surface area contributed by atoms with Crippen molar-refractivity contribution in [2.24, 2.45) is 0 Å². The number of halogens is 4. The fourth-order valence-electron chi connectivity index (χ4n) is 1.54. The van der Waals surface area contributed by atoms with Crippen molar-refractivity contribution in [1.29, 1.82) is 0 Å². The summed E-state index contributed by atoms with van der Waals surface area (Å²) in [6.07, 6.45) is 0. The first-order valence-electron chi connectivity index (χ1n) is 5.31. The number of hydrogen-bond acceptors (Lipinski definition) is 3. The maximum absolute atomic E-state index is 9.99. The number of aromatic hydroxyl groups is 1. The third-order valence-corrected chi connectivity index (χ3v) is 4.48. The van der Waals surface area contributed by atoms with E-state index in [2.05, 4.69) is 63.7 Å². The Bertz CT molecular complexity index is 635. The van der Waals surface area contributed by atoms with Crippen molar-refractivity contribution >= 4 is 63.7 Å². The van der Waals surface area contributed by atoms with Crippen LogP contribution in [0.1, 0.15) is 0 Å². The van der Waals surface area contributed by atoms with E-state index < -0.39 is 0 Å². The summed E-state index contributed by atoms with van der Waals surface area (Å²) in [4.78, 5) is 0. The van der Waals surface area contributed by atoms with Crippen LogP contribution < -0.4 is 9.47 Å². The highest BCUT2D eigenvalue weighted by atomic mass is 79.9. The molecule has 0 aliphatic carbocycles. The highest BCUT2D eigenvalue weighted by molar-refractivity contribution is 9.11. The van der Waals surface area contributed by atoms with Crippen LogP contribution in [0, 0.1) is 0 Å². The van der Waals surface area contributed by atoms with Gasteiger partial charge in [-0.15, -0.1) is 0 Å². The van der Waals surface area contributed by atoms with Crippen LogP contribution in [0.25, 0.3) is 0 Å². The predicted octanol–water partition coefficient (Wildman–Crippen LogP) is 6.24. The van der Waals surface area contributed by atoms with Gasteiger partial charge in [-0.3, -0.25) is 0 Å². The minimum absolute atomic E-state index is 0.0168. The Hall–Kier alpha value is -0.240. The molecular formula is C13H8Br4O3. The largest absolute Gasteiger partial charge is 0.504 e. The van der Waals surface area contributed by atoms with Gasteiger partial charge in [-0.25, -0.2) is 0 Å². The summed E-state index contributed by atoms with van der Waals surface area (Å²) >= 11 is 13.5. The molecular weight excluding hydrogens is 524 g/mol. The second-order valence-corrected chi connectivity index (χ2v) is 7.30. The fraction of sp³-hybridized carbons (Fsp3) is 0.0769. The molecule has 0 aliphatic rings. The molecule has 0 heterocycles. The Balaban J connectivity index is 2.50. The lowest BCUT2D eigenvalue weighted by Crippen LogP contribution is -1.93. The van der Waals surface area contributed by atoms with E-state index in [4.69, 9.17) is 9.47 Å². The third-order valence-electron chi connectivity index (χ3n) is 2.39. The molecule has 3 nitrogen and oxygen atoms in total. The standard InChI is InChI=1S/C13H8Br4O3/c1-19-11-5-7(15)3-9(17)13(11)20-12-8(16)2-6(14)4-10(12)18/h2-5,18H,1H3. The molecule has 0 spiro atoms. The average Bonchev–Trinajstić information content (AvgIpc) is 2.34. The van der Waals surface area contributed by atoms with Gasteiger partial charge in [-0.1, -0.05) is 31.9 Å². The van der Waals surface area contributed by atoms with E-state index in [1.54, 1.807) is 25.3 Å². The SMILES string of the molecule is COc1cc(Br)cc(Br)c1Oc1c(O)cc(Br)cc1Br. The van der Waals surface area contributed by atoms with Crippen LogP contribution in [-0.4, -0.2) is 12.2 Å². The van der Waals surface area contributed by atoms with E-state index in [1.165, 1.54) is 0 Å². The first kappa shape index (κ1) is 16.1.